The van der Waals surface area contributed by atoms with Gasteiger partial charge in [0.15, 0.2) is 0 Å². The first-order valence-corrected chi connectivity index (χ1v) is 7.64. The highest BCUT2D eigenvalue weighted by molar-refractivity contribution is 5.92. The number of allylic oxidation sites excluding steroid dienone is 1. The van der Waals surface area contributed by atoms with E-state index in [4.69, 9.17) is 4.74 Å². The lowest BCUT2D eigenvalue weighted by Gasteiger charge is -2.31. The maximum absolute atomic E-state index is 11.9. The Labute approximate surface area is 127 Å². The normalized spacial score (nSPS) is 23.4. The van der Waals surface area contributed by atoms with Crippen molar-refractivity contribution in [3.05, 3.63) is 11.6 Å². The lowest BCUT2D eigenvalue weighted by molar-refractivity contribution is -0.118. The smallest absolute Gasteiger partial charge is 0.407 e. The number of ether oxygens (including phenoxy) is 1. The third-order valence-corrected chi connectivity index (χ3v) is 3.52. The quantitative estimate of drug-likeness (QED) is 0.787. The Morgan fingerprint density at radius 1 is 1.14 bits per heavy atom. The molecule has 0 aromatic rings. The molecule has 1 fully saturated rings. The van der Waals surface area contributed by atoms with E-state index in [-0.39, 0.29) is 24.1 Å². The van der Waals surface area contributed by atoms with Crippen molar-refractivity contribution in [3.63, 3.8) is 0 Å². The zero-order valence-corrected chi connectivity index (χ0v) is 13.8. The van der Waals surface area contributed by atoms with Gasteiger partial charge in [0.05, 0.1) is 0 Å². The highest BCUT2D eigenvalue weighted by Crippen LogP contribution is 2.19. The van der Waals surface area contributed by atoms with Gasteiger partial charge in [0.25, 0.3) is 0 Å². The van der Waals surface area contributed by atoms with E-state index >= 15 is 0 Å². The molecule has 0 bridgehead atoms. The summed E-state index contributed by atoms with van der Waals surface area (Å²) in [6.07, 6.45) is 5.03. The van der Waals surface area contributed by atoms with Gasteiger partial charge in [-0.25, -0.2) is 4.79 Å². The van der Waals surface area contributed by atoms with Gasteiger partial charge in [-0.05, 0) is 60.3 Å². The van der Waals surface area contributed by atoms with Crippen molar-refractivity contribution in [1.29, 1.82) is 0 Å². The molecular formula is C16H28N2O3. The van der Waals surface area contributed by atoms with Crippen LogP contribution in [0.15, 0.2) is 11.6 Å². The maximum atomic E-state index is 11.9. The van der Waals surface area contributed by atoms with Crippen LogP contribution in [0, 0.1) is 0 Å². The van der Waals surface area contributed by atoms with Crippen LogP contribution < -0.4 is 10.6 Å². The summed E-state index contributed by atoms with van der Waals surface area (Å²) in [5, 5.41) is 5.92. The number of nitrogens with one attached hydrogen (secondary N) is 2. The first kappa shape index (κ1) is 17.5. The summed E-state index contributed by atoms with van der Waals surface area (Å²) in [5.74, 6) is -0.0274. The van der Waals surface area contributed by atoms with E-state index in [0.29, 0.717) is 0 Å². The predicted molar refractivity (Wildman–Crippen MR) is 83.0 cm³/mol. The molecule has 1 aliphatic carbocycles. The van der Waals surface area contributed by atoms with Crippen LogP contribution in [-0.2, 0) is 9.53 Å². The summed E-state index contributed by atoms with van der Waals surface area (Å²) < 4.78 is 5.27. The monoisotopic (exact) mass is 296 g/mol. The van der Waals surface area contributed by atoms with Gasteiger partial charge in [0.1, 0.15) is 5.60 Å². The molecule has 1 saturated carbocycles. The van der Waals surface area contributed by atoms with Crippen molar-refractivity contribution in [2.24, 2.45) is 0 Å². The van der Waals surface area contributed by atoms with Crippen molar-refractivity contribution < 1.29 is 14.3 Å². The molecule has 120 valence electrons. The summed E-state index contributed by atoms with van der Waals surface area (Å²) >= 11 is 0. The summed E-state index contributed by atoms with van der Waals surface area (Å²) in [7, 11) is 0. The van der Waals surface area contributed by atoms with Gasteiger partial charge in [-0.3, -0.25) is 4.79 Å². The Hall–Kier alpha value is -1.52. The fourth-order valence-corrected chi connectivity index (χ4v) is 2.36. The zero-order chi connectivity index (χ0) is 16.0. The van der Waals surface area contributed by atoms with E-state index in [1.165, 1.54) is 0 Å². The summed E-state index contributed by atoms with van der Waals surface area (Å²) in [6, 6.07) is 0.172. The van der Waals surface area contributed by atoms with Crippen LogP contribution >= 0.6 is 0 Å². The second-order valence-corrected chi connectivity index (χ2v) is 6.65. The molecule has 21 heavy (non-hydrogen) atoms. The molecule has 0 spiro atoms. The Bertz CT molecular complexity index is 410. The van der Waals surface area contributed by atoms with Gasteiger partial charge < -0.3 is 15.4 Å². The van der Waals surface area contributed by atoms with Gasteiger partial charge in [-0.15, -0.1) is 0 Å². The van der Waals surface area contributed by atoms with E-state index < -0.39 is 5.60 Å². The van der Waals surface area contributed by atoms with Gasteiger partial charge >= 0.3 is 6.09 Å². The number of hydrogen-bond acceptors (Lipinski definition) is 3. The van der Waals surface area contributed by atoms with Crippen molar-refractivity contribution >= 4 is 12.0 Å². The van der Waals surface area contributed by atoms with Crippen molar-refractivity contribution in [3.8, 4) is 0 Å². The average Bonchev–Trinajstić information content (AvgIpc) is 2.35. The van der Waals surface area contributed by atoms with Crippen molar-refractivity contribution in [2.45, 2.75) is 78.0 Å². The van der Waals surface area contributed by atoms with Crippen LogP contribution in [0.1, 0.15) is 60.3 Å². The van der Waals surface area contributed by atoms with E-state index in [2.05, 4.69) is 10.6 Å². The summed E-state index contributed by atoms with van der Waals surface area (Å²) in [6.45, 7) is 9.18. The van der Waals surface area contributed by atoms with Crippen LogP contribution in [0.25, 0.3) is 0 Å². The minimum atomic E-state index is -0.491. The molecule has 5 heteroatoms. The summed E-state index contributed by atoms with van der Waals surface area (Å²) in [4.78, 5) is 23.6. The molecule has 0 aromatic carbocycles. The Morgan fingerprint density at radius 3 is 2.24 bits per heavy atom. The highest BCUT2D eigenvalue weighted by atomic mass is 16.6. The molecule has 0 aliphatic heterocycles. The number of amides is 2. The third kappa shape index (κ3) is 6.65. The average molecular weight is 296 g/mol. The van der Waals surface area contributed by atoms with E-state index in [9.17, 15) is 9.59 Å². The zero-order valence-electron chi connectivity index (χ0n) is 13.8. The third-order valence-electron chi connectivity index (χ3n) is 3.52. The number of rotatable bonds is 3. The largest absolute Gasteiger partial charge is 0.444 e. The standard InChI is InChI=1S/C16H28N2O3/c1-6-11(2)14(19)17-12-8-7-9-13(10-12)18-15(20)21-16(3,4)5/h6,12-13H,7-10H2,1-5H3,(H,17,19)(H,18,20)/b11-6+/t12-,13-/m1/s1. The number of carbonyl (C=O) groups excluding carboxylic acids is 2. The van der Waals surface area contributed by atoms with Crippen molar-refractivity contribution in [1.82, 2.24) is 10.6 Å². The second kappa shape index (κ2) is 7.48. The van der Waals surface area contributed by atoms with Gasteiger partial charge in [-0.1, -0.05) is 6.08 Å². The molecule has 2 amide bonds. The van der Waals surface area contributed by atoms with E-state index in [0.717, 1.165) is 31.3 Å². The molecule has 0 unspecified atom stereocenters. The SMILES string of the molecule is C/C=C(\C)C(=O)N[C@@H]1CCC[C@@H](NC(=O)OC(C)(C)C)C1. The van der Waals surface area contributed by atoms with Crippen LogP contribution in [0.4, 0.5) is 4.79 Å². The number of alkyl carbamates (subject to hydrolysis) is 1. The van der Waals surface area contributed by atoms with Crippen LogP contribution in [-0.4, -0.2) is 29.7 Å². The Morgan fingerprint density at radius 2 is 1.71 bits per heavy atom. The fourth-order valence-electron chi connectivity index (χ4n) is 2.36. The maximum Gasteiger partial charge on any atom is 0.407 e. The molecule has 0 saturated heterocycles. The van der Waals surface area contributed by atoms with Gasteiger partial charge in [0, 0.05) is 17.7 Å². The fraction of sp³-hybridized carbons (Fsp3) is 0.750. The first-order valence-electron chi connectivity index (χ1n) is 7.64. The molecule has 1 aliphatic rings. The molecule has 0 aromatic heterocycles. The lowest BCUT2D eigenvalue weighted by atomic mass is 9.91. The topological polar surface area (TPSA) is 67.4 Å². The number of hydrogen-bond donors (Lipinski definition) is 2. The van der Waals surface area contributed by atoms with Crippen molar-refractivity contribution in [2.75, 3.05) is 0 Å². The molecule has 2 atom stereocenters. The van der Waals surface area contributed by atoms with Gasteiger partial charge in [-0.2, -0.15) is 0 Å². The first-order chi connectivity index (χ1) is 9.71. The van der Waals surface area contributed by atoms with E-state index in [1.54, 1.807) is 13.0 Å². The second-order valence-electron chi connectivity index (χ2n) is 6.65. The molecular weight excluding hydrogens is 268 g/mol. The van der Waals surface area contributed by atoms with Crippen LogP contribution in [0.2, 0.25) is 0 Å². The highest BCUT2D eigenvalue weighted by Gasteiger charge is 2.26. The van der Waals surface area contributed by atoms with Crippen LogP contribution in [0.3, 0.4) is 0 Å². The lowest BCUT2D eigenvalue weighted by Crippen LogP contribution is -2.47. The van der Waals surface area contributed by atoms with Gasteiger partial charge in [0.2, 0.25) is 5.91 Å². The predicted octanol–water partition coefficient (Wildman–Crippen LogP) is 2.90. The van der Waals surface area contributed by atoms with Crippen LogP contribution in [0.5, 0.6) is 0 Å². The minimum Gasteiger partial charge on any atom is -0.444 e. The molecule has 0 heterocycles. The molecule has 2 N–H and O–H groups in total. The Kier molecular flexibility index (Phi) is 6.24. The minimum absolute atomic E-state index is 0.0274. The number of carbonyl (C=O) groups is 2. The van der Waals surface area contributed by atoms with E-state index in [1.807, 2.05) is 27.7 Å². The molecule has 1 rings (SSSR count). The molecule has 0 radical (unpaired) electrons. The summed E-state index contributed by atoms with van der Waals surface area (Å²) in [5.41, 5.74) is 0.229. The molecule has 5 nitrogen and oxygen atoms in total. The Balaban J connectivity index is 2.45.